The van der Waals surface area contributed by atoms with Crippen LogP contribution in [0.4, 0.5) is 4.39 Å². The average Bonchev–Trinajstić information content (AvgIpc) is 2.89. The molecule has 5 nitrogen and oxygen atoms in total. The summed E-state index contributed by atoms with van der Waals surface area (Å²) in [6.45, 7) is 5.19. The van der Waals surface area contributed by atoms with E-state index in [4.69, 9.17) is 17.3 Å². The van der Waals surface area contributed by atoms with E-state index in [1.54, 1.807) is 6.92 Å². The maximum absolute atomic E-state index is 14.9. The molecule has 0 fully saturated rings. The maximum Gasteiger partial charge on any atom is 0.250 e. The number of primary amides is 1. The zero-order valence-corrected chi connectivity index (χ0v) is 15.0. The number of rotatable bonds is 4. The van der Waals surface area contributed by atoms with Gasteiger partial charge in [-0.25, -0.2) is 4.39 Å². The summed E-state index contributed by atoms with van der Waals surface area (Å²) in [4.78, 5) is 26.3. The highest BCUT2D eigenvalue weighted by Gasteiger charge is 2.26. The Hall–Kier alpha value is -2.60. The highest BCUT2D eigenvalue weighted by atomic mass is 35.5. The van der Waals surface area contributed by atoms with Gasteiger partial charge in [-0.1, -0.05) is 24.3 Å². The predicted octanol–water partition coefficient (Wildman–Crippen LogP) is 3.61. The van der Waals surface area contributed by atoms with E-state index in [1.165, 1.54) is 6.08 Å². The third-order valence-corrected chi connectivity index (χ3v) is 5.10. The largest absolute Gasteiger partial charge is 0.366 e. The van der Waals surface area contributed by atoms with Crippen molar-refractivity contribution in [1.29, 1.82) is 0 Å². The Kier molecular flexibility index (Phi) is 4.87. The summed E-state index contributed by atoms with van der Waals surface area (Å²) in [6.07, 6.45) is 5.06. The van der Waals surface area contributed by atoms with Crippen LogP contribution in [0, 0.1) is 12.7 Å². The van der Waals surface area contributed by atoms with Crippen LogP contribution >= 0.6 is 11.6 Å². The van der Waals surface area contributed by atoms with Crippen molar-refractivity contribution in [2.45, 2.75) is 32.2 Å². The van der Waals surface area contributed by atoms with Gasteiger partial charge in [-0.15, -0.1) is 0 Å². The summed E-state index contributed by atoms with van der Waals surface area (Å²) < 4.78 is 14.9. The van der Waals surface area contributed by atoms with E-state index >= 15 is 0 Å². The van der Waals surface area contributed by atoms with Gasteiger partial charge in [0.1, 0.15) is 5.82 Å². The van der Waals surface area contributed by atoms with Gasteiger partial charge in [0.15, 0.2) is 0 Å². The lowest BCUT2D eigenvalue weighted by atomic mass is 9.87. The monoisotopic (exact) mass is 375 g/mol. The molecule has 136 valence electrons. The number of H-pyrrole nitrogens is 1. The van der Waals surface area contributed by atoms with Crippen molar-refractivity contribution >= 4 is 39.9 Å². The van der Waals surface area contributed by atoms with E-state index < -0.39 is 11.7 Å². The molecule has 0 radical (unpaired) electrons. The lowest BCUT2D eigenvalue weighted by Crippen LogP contribution is -2.34. The molecule has 0 bridgehead atoms. The van der Waals surface area contributed by atoms with Gasteiger partial charge in [0.25, 0.3) is 5.91 Å². The number of hydrogen-bond donors (Lipinski definition) is 3. The molecule has 1 aliphatic carbocycles. The van der Waals surface area contributed by atoms with Crippen LogP contribution in [0.25, 0.3) is 16.5 Å². The van der Waals surface area contributed by atoms with Crippen LogP contribution in [0.3, 0.4) is 0 Å². The minimum atomic E-state index is -0.730. The Bertz CT molecular complexity index is 962. The van der Waals surface area contributed by atoms with Gasteiger partial charge in [0.05, 0.1) is 16.1 Å². The Morgan fingerprint density at radius 2 is 2.23 bits per heavy atom. The number of nitrogens with two attached hydrogens (primary N) is 1. The predicted molar refractivity (Wildman–Crippen MR) is 100 cm³/mol. The molecule has 0 saturated carbocycles. The van der Waals surface area contributed by atoms with Crippen molar-refractivity contribution in [3.8, 4) is 0 Å². The molecule has 2 aromatic rings. The van der Waals surface area contributed by atoms with Crippen molar-refractivity contribution in [3.63, 3.8) is 0 Å². The van der Waals surface area contributed by atoms with E-state index in [2.05, 4.69) is 16.9 Å². The normalized spacial score (nSPS) is 17.0. The number of amides is 2. The fourth-order valence-corrected chi connectivity index (χ4v) is 3.67. The molecule has 0 saturated heterocycles. The van der Waals surface area contributed by atoms with Crippen LogP contribution in [0.5, 0.6) is 0 Å². The molecule has 4 N–H and O–H groups in total. The third-order valence-electron chi connectivity index (χ3n) is 4.63. The zero-order valence-electron chi connectivity index (χ0n) is 14.3. The number of carbonyl (C=O) groups is 2. The number of hydrogen-bond acceptors (Lipinski definition) is 2. The molecule has 0 unspecified atom stereocenters. The number of aryl methyl sites for hydroxylation is 1. The number of carbonyl (C=O) groups excluding carboxylic acids is 2. The molecule has 1 aromatic heterocycles. The van der Waals surface area contributed by atoms with Crippen LogP contribution in [0.1, 0.15) is 40.9 Å². The average molecular weight is 376 g/mol. The maximum atomic E-state index is 14.9. The van der Waals surface area contributed by atoms with Gasteiger partial charge in [0.2, 0.25) is 5.91 Å². The Morgan fingerprint density at radius 3 is 2.88 bits per heavy atom. The molecule has 1 aromatic carbocycles. The van der Waals surface area contributed by atoms with Gasteiger partial charge in [-0.3, -0.25) is 9.59 Å². The van der Waals surface area contributed by atoms with Crippen molar-refractivity contribution in [2.75, 3.05) is 0 Å². The first-order valence-corrected chi connectivity index (χ1v) is 8.63. The first-order valence-electron chi connectivity index (χ1n) is 8.25. The number of nitrogens with one attached hydrogen (secondary N) is 2. The van der Waals surface area contributed by atoms with E-state index in [0.29, 0.717) is 40.0 Å². The summed E-state index contributed by atoms with van der Waals surface area (Å²) in [5.41, 5.74) is 7.59. The van der Waals surface area contributed by atoms with Gasteiger partial charge in [0, 0.05) is 22.7 Å². The van der Waals surface area contributed by atoms with E-state index in [-0.39, 0.29) is 17.5 Å². The summed E-state index contributed by atoms with van der Waals surface area (Å²) in [5.74, 6) is -1.55. The number of benzene rings is 1. The Labute approximate surface area is 155 Å². The van der Waals surface area contributed by atoms with Gasteiger partial charge >= 0.3 is 0 Å². The van der Waals surface area contributed by atoms with E-state index in [1.807, 2.05) is 6.08 Å². The summed E-state index contributed by atoms with van der Waals surface area (Å²) in [5, 5.41) is 3.65. The quantitative estimate of drug-likeness (QED) is 0.713. The first-order chi connectivity index (χ1) is 12.3. The molecule has 26 heavy (non-hydrogen) atoms. The highest BCUT2D eigenvalue weighted by Crippen LogP contribution is 2.40. The van der Waals surface area contributed by atoms with Crippen molar-refractivity contribution in [2.24, 2.45) is 5.73 Å². The number of halogens is 2. The molecular weight excluding hydrogens is 357 g/mol. The first kappa shape index (κ1) is 18.2. The topological polar surface area (TPSA) is 88.0 Å². The second-order valence-corrected chi connectivity index (χ2v) is 6.76. The van der Waals surface area contributed by atoms with Gasteiger partial charge < -0.3 is 16.0 Å². The minimum absolute atomic E-state index is 0.0594. The molecule has 1 aliphatic rings. The number of aromatic amines is 1. The number of aromatic nitrogens is 1. The lowest BCUT2D eigenvalue weighted by molar-refractivity contribution is -0.117. The smallest absolute Gasteiger partial charge is 0.250 e. The fraction of sp³-hybridized carbons (Fsp3) is 0.263. The summed E-state index contributed by atoms with van der Waals surface area (Å²) >= 11 is 6.40. The Balaban J connectivity index is 2.13. The molecule has 0 spiro atoms. The molecule has 1 heterocycles. The Morgan fingerprint density at radius 1 is 1.50 bits per heavy atom. The van der Waals surface area contributed by atoms with Crippen molar-refractivity contribution in [1.82, 2.24) is 10.3 Å². The molecule has 0 aliphatic heterocycles. The SMILES string of the molecule is C=CC(=O)N[C@@H]1CCC=C(c2c(F)cc(C(N)=O)c3[nH]c(C)c(Cl)c23)C1. The van der Waals surface area contributed by atoms with E-state index in [0.717, 1.165) is 18.1 Å². The summed E-state index contributed by atoms with van der Waals surface area (Å²) in [7, 11) is 0. The van der Waals surface area contributed by atoms with Crippen LogP contribution in [0.2, 0.25) is 5.02 Å². The van der Waals surface area contributed by atoms with Crippen molar-refractivity contribution in [3.05, 3.63) is 52.5 Å². The second kappa shape index (κ2) is 6.96. The number of fused-ring (bicyclic) bond motifs is 1. The molecule has 1 atom stereocenters. The molecular formula is C19H19ClFN3O2. The molecule has 2 amide bonds. The summed E-state index contributed by atoms with van der Waals surface area (Å²) in [6, 6.07) is 1.02. The zero-order chi connectivity index (χ0) is 19.0. The van der Waals surface area contributed by atoms with Crippen LogP contribution in [-0.4, -0.2) is 22.8 Å². The van der Waals surface area contributed by atoms with Gasteiger partial charge in [-0.2, -0.15) is 0 Å². The van der Waals surface area contributed by atoms with Crippen LogP contribution in [-0.2, 0) is 4.79 Å². The minimum Gasteiger partial charge on any atom is -0.366 e. The molecule has 7 heteroatoms. The standard InChI is InChI=1S/C19H19ClFN3O2/c1-3-14(25)24-11-6-4-5-10(7-11)15-13(21)8-12(19(22)26)18-16(15)17(20)9(2)23-18/h3,5,8,11,23H,1,4,6-7H2,2H3,(H2,22,26)(H,24,25)/t11-/m1/s1. The van der Waals surface area contributed by atoms with Crippen LogP contribution in [0.15, 0.2) is 24.8 Å². The number of allylic oxidation sites excluding steroid dienone is 1. The van der Waals surface area contributed by atoms with Gasteiger partial charge in [-0.05, 0) is 43.9 Å². The second-order valence-electron chi connectivity index (χ2n) is 6.38. The lowest BCUT2D eigenvalue weighted by Gasteiger charge is -2.24. The molecule has 3 rings (SSSR count). The fourth-order valence-electron chi connectivity index (χ4n) is 3.43. The van der Waals surface area contributed by atoms with Crippen molar-refractivity contribution < 1.29 is 14.0 Å². The third kappa shape index (κ3) is 3.12. The van der Waals surface area contributed by atoms with E-state index in [9.17, 15) is 14.0 Å². The van der Waals surface area contributed by atoms with Crippen LogP contribution < -0.4 is 11.1 Å². The highest BCUT2D eigenvalue weighted by molar-refractivity contribution is 6.37.